The molecule has 1 heterocycles. The fraction of sp³-hybridized carbons (Fsp3) is 0.214. The lowest BCUT2D eigenvalue weighted by molar-refractivity contribution is 0.108. The van der Waals surface area contributed by atoms with Gasteiger partial charge in [-0.25, -0.2) is 0 Å². The molecule has 1 aromatic carbocycles. The fourth-order valence-electron chi connectivity index (χ4n) is 1.56. The summed E-state index contributed by atoms with van der Waals surface area (Å²) in [7, 11) is 0. The predicted molar refractivity (Wildman–Crippen MR) is 65.9 cm³/mol. The Balaban J connectivity index is 1.80. The summed E-state index contributed by atoms with van der Waals surface area (Å²) in [6, 6.07) is 13.3. The van der Waals surface area contributed by atoms with Crippen molar-refractivity contribution in [2.75, 3.05) is 6.61 Å². The SMILES string of the molecule is OC(COc1ccccc1)Cc1ccncc1. The minimum Gasteiger partial charge on any atom is -0.491 e. The van der Waals surface area contributed by atoms with E-state index in [0.717, 1.165) is 11.3 Å². The zero-order valence-electron chi connectivity index (χ0n) is 9.49. The highest BCUT2D eigenvalue weighted by Crippen LogP contribution is 2.09. The molecule has 17 heavy (non-hydrogen) atoms. The molecule has 1 atom stereocenters. The number of rotatable bonds is 5. The summed E-state index contributed by atoms with van der Waals surface area (Å²) < 4.78 is 5.47. The van der Waals surface area contributed by atoms with Gasteiger partial charge >= 0.3 is 0 Å². The van der Waals surface area contributed by atoms with E-state index < -0.39 is 6.10 Å². The Morgan fingerprint density at radius 1 is 1.06 bits per heavy atom. The van der Waals surface area contributed by atoms with E-state index in [1.54, 1.807) is 12.4 Å². The molecule has 88 valence electrons. The van der Waals surface area contributed by atoms with Crippen LogP contribution < -0.4 is 4.74 Å². The number of nitrogens with zero attached hydrogens (tertiary/aromatic N) is 1. The van der Waals surface area contributed by atoms with Crippen LogP contribution in [0.4, 0.5) is 0 Å². The zero-order chi connectivity index (χ0) is 11.9. The van der Waals surface area contributed by atoms with Gasteiger partial charge in [0, 0.05) is 18.8 Å². The van der Waals surface area contributed by atoms with E-state index >= 15 is 0 Å². The van der Waals surface area contributed by atoms with Gasteiger partial charge in [0.15, 0.2) is 0 Å². The monoisotopic (exact) mass is 229 g/mol. The molecule has 0 aliphatic heterocycles. The van der Waals surface area contributed by atoms with Gasteiger partial charge in [-0.05, 0) is 29.8 Å². The number of pyridine rings is 1. The van der Waals surface area contributed by atoms with E-state index in [1.807, 2.05) is 42.5 Å². The quantitative estimate of drug-likeness (QED) is 0.853. The van der Waals surface area contributed by atoms with Crippen LogP contribution in [0, 0.1) is 0 Å². The van der Waals surface area contributed by atoms with Crippen molar-refractivity contribution in [1.29, 1.82) is 0 Å². The minimum absolute atomic E-state index is 0.298. The van der Waals surface area contributed by atoms with Gasteiger partial charge < -0.3 is 9.84 Å². The molecule has 0 amide bonds. The maximum Gasteiger partial charge on any atom is 0.119 e. The van der Waals surface area contributed by atoms with Gasteiger partial charge in [-0.1, -0.05) is 18.2 Å². The van der Waals surface area contributed by atoms with Crippen molar-refractivity contribution in [2.45, 2.75) is 12.5 Å². The van der Waals surface area contributed by atoms with E-state index in [1.165, 1.54) is 0 Å². The molecule has 1 N–H and O–H groups in total. The van der Waals surface area contributed by atoms with Gasteiger partial charge in [-0.15, -0.1) is 0 Å². The number of ether oxygens (including phenoxy) is 1. The summed E-state index contributed by atoms with van der Waals surface area (Å²) in [5.41, 5.74) is 1.06. The number of aliphatic hydroxyl groups is 1. The van der Waals surface area contributed by atoms with Crippen LogP contribution in [0.3, 0.4) is 0 Å². The molecule has 3 heteroatoms. The van der Waals surface area contributed by atoms with Crippen molar-refractivity contribution in [3.8, 4) is 5.75 Å². The Bertz CT molecular complexity index is 430. The number of hydrogen-bond donors (Lipinski definition) is 1. The number of benzene rings is 1. The summed E-state index contributed by atoms with van der Waals surface area (Å²) in [4.78, 5) is 3.93. The Labute approximate surface area is 101 Å². The van der Waals surface area contributed by atoms with Crippen molar-refractivity contribution in [3.63, 3.8) is 0 Å². The van der Waals surface area contributed by atoms with Crippen LogP contribution in [-0.4, -0.2) is 22.8 Å². The second-order valence-electron chi connectivity index (χ2n) is 3.84. The van der Waals surface area contributed by atoms with Crippen molar-refractivity contribution in [1.82, 2.24) is 4.98 Å². The van der Waals surface area contributed by atoms with Crippen LogP contribution in [0.25, 0.3) is 0 Å². The summed E-state index contributed by atoms with van der Waals surface area (Å²) in [6.45, 7) is 0.298. The maximum absolute atomic E-state index is 9.82. The number of aromatic nitrogens is 1. The first-order valence-corrected chi connectivity index (χ1v) is 5.59. The van der Waals surface area contributed by atoms with Crippen LogP contribution in [-0.2, 0) is 6.42 Å². The first-order valence-electron chi connectivity index (χ1n) is 5.59. The van der Waals surface area contributed by atoms with Crippen molar-refractivity contribution < 1.29 is 9.84 Å². The molecule has 0 aliphatic rings. The Hall–Kier alpha value is -1.87. The van der Waals surface area contributed by atoms with Gasteiger partial charge in [-0.2, -0.15) is 0 Å². The van der Waals surface area contributed by atoms with Crippen molar-refractivity contribution in [2.24, 2.45) is 0 Å². The summed E-state index contributed by atoms with van der Waals surface area (Å²) in [6.07, 6.45) is 3.52. The van der Waals surface area contributed by atoms with E-state index in [2.05, 4.69) is 4.98 Å². The predicted octanol–water partition coefficient (Wildman–Crippen LogP) is 2.06. The molecule has 3 nitrogen and oxygen atoms in total. The molecular formula is C14H15NO2. The largest absolute Gasteiger partial charge is 0.491 e. The molecule has 0 spiro atoms. The molecule has 0 saturated carbocycles. The van der Waals surface area contributed by atoms with Crippen LogP contribution in [0.15, 0.2) is 54.9 Å². The molecular weight excluding hydrogens is 214 g/mol. The average molecular weight is 229 g/mol. The highest BCUT2D eigenvalue weighted by molar-refractivity contribution is 5.21. The van der Waals surface area contributed by atoms with Gasteiger partial charge in [0.1, 0.15) is 12.4 Å². The highest BCUT2D eigenvalue weighted by atomic mass is 16.5. The van der Waals surface area contributed by atoms with E-state index in [4.69, 9.17) is 4.74 Å². The van der Waals surface area contributed by atoms with Crippen LogP contribution in [0.5, 0.6) is 5.75 Å². The second-order valence-corrected chi connectivity index (χ2v) is 3.84. The van der Waals surface area contributed by atoms with Gasteiger partial charge in [-0.3, -0.25) is 4.98 Å². The van der Waals surface area contributed by atoms with E-state index in [-0.39, 0.29) is 0 Å². The van der Waals surface area contributed by atoms with E-state index in [9.17, 15) is 5.11 Å². The Morgan fingerprint density at radius 3 is 2.47 bits per heavy atom. The molecule has 2 rings (SSSR count). The third-order valence-electron chi connectivity index (χ3n) is 2.41. The molecule has 0 aliphatic carbocycles. The topological polar surface area (TPSA) is 42.4 Å². The summed E-state index contributed by atoms with van der Waals surface area (Å²) >= 11 is 0. The standard InChI is InChI=1S/C14H15NO2/c16-13(10-12-6-8-15-9-7-12)11-17-14-4-2-1-3-5-14/h1-9,13,16H,10-11H2. The fourth-order valence-corrected chi connectivity index (χ4v) is 1.56. The lowest BCUT2D eigenvalue weighted by Gasteiger charge is -2.12. The number of aliphatic hydroxyl groups excluding tert-OH is 1. The van der Waals surface area contributed by atoms with Gasteiger partial charge in [0.25, 0.3) is 0 Å². The molecule has 0 radical (unpaired) electrons. The molecule has 0 bridgehead atoms. The summed E-state index contributed by atoms with van der Waals surface area (Å²) in [5, 5.41) is 9.82. The second kappa shape index (κ2) is 6.01. The molecule has 1 unspecified atom stereocenters. The van der Waals surface area contributed by atoms with Gasteiger partial charge in [0.2, 0.25) is 0 Å². The van der Waals surface area contributed by atoms with Crippen LogP contribution in [0.1, 0.15) is 5.56 Å². The zero-order valence-corrected chi connectivity index (χ0v) is 9.49. The molecule has 0 saturated heterocycles. The number of hydrogen-bond acceptors (Lipinski definition) is 3. The lowest BCUT2D eigenvalue weighted by Crippen LogP contribution is -2.20. The smallest absolute Gasteiger partial charge is 0.119 e. The third kappa shape index (κ3) is 3.89. The third-order valence-corrected chi connectivity index (χ3v) is 2.41. The minimum atomic E-state index is -0.502. The Morgan fingerprint density at radius 2 is 1.76 bits per heavy atom. The first-order chi connectivity index (χ1) is 8.34. The normalized spacial score (nSPS) is 12.1. The summed E-state index contributed by atoms with van der Waals surface area (Å²) in [5.74, 6) is 0.779. The van der Waals surface area contributed by atoms with E-state index in [0.29, 0.717) is 13.0 Å². The van der Waals surface area contributed by atoms with Crippen LogP contribution in [0.2, 0.25) is 0 Å². The molecule has 2 aromatic rings. The van der Waals surface area contributed by atoms with Crippen molar-refractivity contribution in [3.05, 3.63) is 60.4 Å². The van der Waals surface area contributed by atoms with Crippen LogP contribution >= 0.6 is 0 Å². The highest BCUT2D eigenvalue weighted by Gasteiger charge is 2.06. The molecule has 0 fully saturated rings. The van der Waals surface area contributed by atoms with Gasteiger partial charge in [0.05, 0.1) is 6.10 Å². The average Bonchev–Trinajstić information content (AvgIpc) is 2.39. The maximum atomic E-state index is 9.82. The molecule has 1 aromatic heterocycles. The van der Waals surface area contributed by atoms with Crippen molar-refractivity contribution >= 4 is 0 Å². The lowest BCUT2D eigenvalue weighted by atomic mass is 10.1. The first kappa shape index (κ1) is 11.6. The Kier molecular flexibility index (Phi) is 4.11. The number of para-hydroxylation sites is 1.